The predicted molar refractivity (Wildman–Crippen MR) is 82.2 cm³/mol. The summed E-state index contributed by atoms with van der Waals surface area (Å²) in [5, 5.41) is 3.20. The van der Waals surface area contributed by atoms with E-state index < -0.39 is 10.0 Å². The van der Waals surface area contributed by atoms with Crippen molar-refractivity contribution in [2.24, 2.45) is 10.7 Å². The number of nitrogens with one attached hydrogen (secondary N) is 1. The zero-order chi connectivity index (χ0) is 14.9. The smallest absolute Gasteiger partial charge is 0.218 e. The number of piperidine rings is 1. The van der Waals surface area contributed by atoms with Gasteiger partial charge in [-0.2, -0.15) is 0 Å². The first-order valence-corrected chi connectivity index (χ1v) is 8.70. The van der Waals surface area contributed by atoms with Crippen LogP contribution in [0.25, 0.3) is 0 Å². The van der Waals surface area contributed by atoms with Gasteiger partial charge in [-0.25, -0.2) is 12.7 Å². The zero-order valence-corrected chi connectivity index (χ0v) is 12.6. The summed E-state index contributed by atoms with van der Waals surface area (Å²) in [6, 6.07) is 9.29. The fourth-order valence-corrected chi connectivity index (χ4v) is 4.47. The maximum Gasteiger partial charge on any atom is 0.218 e. The molecule has 2 aliphatic heterocycles. The summed E-state index contributed by atoms with van der Waals surface area (Å²) in [6.07, 6.45) is 1.48. The minimum atomic E-state index is -3.26. The molecule has 0 aromatic heterocycles. The molecule has 114 valence electrons. The van der Waals surface area contributed by atoms with Crippen LogP contribution in [-0.4, -0.2) is 43.9 Å². The van der Waals surface area contributed by atoms with E-state index in [1.807, 2.05) is 30.3 Å². The Morgan fingerprint density at radius 1 is 1.24 bits per heavy atom. The summed E-state index contributed by atoms with van der Waals surface area (Å²) in [5.41, 5.74) is 6.36. The minimum absolute atomic E-state index is 0.0624. The quantitative estimate of drug-likeness (QED) is 0.839. The molecule has 0 radical (unpaired) electrons. The molecule has 0 bridgehead atoms. The summed E-state index contributed by atoms with van der Waals surface area (Å²) in [4.78, 5) is 4.18. The summed E-state index contributed by atoms with van der Waals surface area (Å²) in [5.74, 6) is 0.531. The predicted octanol–water partition coefficient (Wildman–Crippen LogP) is 0.269. The minimum Gasteiger partial charge on any atom is -0.370 e. The number of nitrogens with two attached hydrogens (primary N) is 1. The molecule has 1 aromatic rings. The molecular weight excluding hydrogens is 288 g/mol. The molecule has 2 heterocycles. The van der Waals surface area contributed by atoms with E-state index in [1.165, 1.54) is 0 Å². The van der Waals surface area contributed by atoms with Crippen LogP contribution < -0.4 is 11.1 Å². The average Bonchev–Trinajstić information content (AvgIpc) is 2.81. The summed E-state index contributed by atoms with van der Waals surface area (Å²) >= 11 is 0. The Labute approximate surface area is 125 Å². The van der Waals surface area contributed by atoms with Crippen LogP contribution in [0.1, 0.15) is 18.4 Å². The maximum absolute atomic E-state index is 12.5. The van der Waals surface area contributed by atoms with Crippen molar-refractivity contribution in [2.45, 2.75) is 24.1 Å². The van der Waals surface area contributed by atoms with Gasteiger partial charge in [0.1, 0.15) is 0 Å². The number of sulfonamides is 1. The molecular formula is C14H20N4O2S. The first kappa shape index (κ1) is 14.3. The highest BCUT2D eigenvalue weighted by Gasteiger charge is 2.40. The largest absolute Gasteiger partial charge is 0.370 e. The summed E-state index contributed by atoms with van der Waals surface area (Å²) < 4.78 is 26.5. The van der Waals surface area contributed by atoms with E-state index >= 15 is 0 Å². The SMILES string of the molecule is NC1=NCC2(CCN(S(=O)(=O)Cc3ccccc3)CC2)N1. The summed E-state index contributed by atoms with van der Waals surface area (Å²) in [6.45, 7) is 1.68. The van der Waals surface area contributed by atoms with Crippen molar-refractivity contribution >= 4 is 16.0 Å². The van der Waals surface area contributed by atoms with E-state index in [9.17, 15) is 8.42 Å². The van der Waals surface area contributed by atoms with Gasteiger partial charge in [0.2, 0.25) is 10.0 Å². The second-order valence-electron chi connectivity index (χ2n) is 5.75. The van der Waals surface area contributed by atoms with Crippen molar-refractivity contribution in [3.63, 3.8) is 0 Å². The lowest BCUT2D eigenvalue weighted by Gasteiger charge is -2.38. The molecule has 1 aromatic carbocycles. The number of rotatable bonds is 3. The van der Waals surface area contributed by atoms with E-state index in [-0.39, 0.29) is 11.3 Å². The molecule has 1 fully saturated rings. The molecule has 0 aliphatic carbocycles. The van der Waals surface area contributed by atoms with Crippen LogP contribution in [0.2, 0.25) is 0 Å². The highest BCUT2D eigenvalue weighted by atomic mass is 32.2. The van der Waals surface area contributed by atoms with Gasteiger partial charge in [-0.1, -0.05) is 30.3 Å². The van der Waals surface area contributed by atoms with Gasteiger partial charge in [0.25, 0.3) is 0 Å². The first-order valence-electron chi connectivity index (χ1n) is 7.09. The maximum atomic E-state index is 12.5. The molecule has 3 N–H and O–H groups in total. The van der Waals surface area contributed by atoms with Gasteiger partial charge >= 0.3 is 0 Å². The molecule has 21 heavy (non-hydrogen) atoms. The molecule has 1 spiro atoms. The van der Waals surface area contributed by atoms with Crippen LogP contribution in [0, 0.1) is 0 Å². The molecule has 0 unspecified atom stereocenters. The van der Waals surface area contributed by atoms with Gasteiger partial charge in [-0.3, -0.25) is 4.99 Å². The van der Waals surface area contributed by atoms with Crippen molar-refractivity contribution in [2.75, 3.05) is 19.6 Å². The molecule has 6 nitrogen and oxygen atoms in total. The van der Waals surface area contributed by atoms with Gasteiger partial charge in [-0.05, 0) is 18.4 Å². The van der Waals surface area contributed by atoms with E-state index in [4.69, 9.17) is 5.73 Å². The Bertz CT molecular complexity index is 634. The molecule has 3 rings (SSSR count). The summed E-state index contributed by atoms with van der Waals surface area (Å²) in [7, 11) is -3.26. The Morgan fingerprint density at radius 2 is 1.90 bits per heavy atom. The van der Waals surface area contributed by atoms with Gasteiger partial charge < -0.3 is 11.1 Å². The molecule has 1 saturated heterocycles. The fraction of sp³-hybridized carbons (Fsp3) is 0.500. The lowest BCUT2D eigenvalue weighted by Crippen LogP contribution is -2.55. The van der Waals surface area contributed by atoms with Crippen molar-refractivity contribution in [1.29, 1.82) is 0 Å². The van der Waals surface area contributed by atoms with Crippen LogP contribution in [0.15, 0.2) is 35.3 Å². The number of nitrogens with zero attached hydrogens (tertiary/aromatic N) is 2. The van der Waals surface area contributed by atoms with Crippen molar-refractivity contribution < 1.29 is 8.42 Å². The lowest BCUT2D eigenvalue weighted by atomic mass is 9.89. The normalized spacial score (nSPS) is 22.0. The second-order valence-corrected chi connectivity index (χ2v) is 7.72. The third kappa shape index (κ3) is 3.03. The van der Waals surface area contributed by atoms with Gasteiger partial charge in [0.15, 0.2) is 5.96 Å². The van der Waals surface area contributed by atoms with Crippen molar-refractivity contribution in [1.82, 2.24) is 9.62 Å². The Kier molecular flexibility index (Phi) is 3.62. The van der Waals surface area contributed by atoms with Crippen LogP contribution in [0.3, 0.4) is 0 Å². The van der Waals surface area contributed by atoms with Crippen LogP contribution in [0.4, 0.5) is 0 Å². The first-order chi connectivity index (χ1) is 9.99. The Morgan fingerprint density at radius 3 is 2.48 bits per heavy atom. The third-order valence-electron chi connectivity index (χ3n) is 4.21. The monoisotopic (exact) mass is 308 g/mol. The molecule has 0 saturated carbocycles. The van der Waals surface area contributed by atoms with Crippen LogP contribution in [0.5, 0.6) is 0 Å². The molecule has 2 aliphatic rings. The standard InChI is InChI=1S/C14H20N4O2S/c15-13-16-11-14(17-13)6-8-18(9-7-14)21(19,20)10-12-4-2-1-3-5-12/h1-5H,6-11H2,(H3,15,16,17). The van der Waals surface area contributed by atoms with Gasteiger partial charge in [0.05, 0.1) is 17.8 Å². The molecule has 0 amide bonds. The van der Waals surface area contributed by atoms with Crippen molar-refractivity contribution in [3.05, 3.63) is 35.9 Å². The van der Waals surface area contributed by atoms with Crippen molar-refractivity contribution in [3.8, 4) is 0 Å². The highest BCUT2D eigenvalue weighted by Crippen LogP contribution is 2.27. The highest BCUT2D eigenvalue weighted by molar-refractivity contribution is 7.88. The number of hydrogen-bond donors (Lipinski definition) is 2. The number of benzene rings is 1. The fourth-order valence-electron chi connectivity index (χ4n) is 2.94. The van der Waals surface area contributed by atoms with E-state index in [0.717, 1.165) is 18.4 Å². The molecule has 7 heteroatoms. The topological polar surface area (TPSA) is 87.8 Å². The van der Waals surface area contributed by atoms with Gasteiger partial charge in [0, 0.05) is 13.1 Å². The van der Waals surface area contributed by atoms with Crippen LogP contribution >= 0.6 is 0 Å². The van der Waals surface area contributed by atoms with E-state index in [0.29, 0.717) is 25.6 Å². The van der Waals surface area contributed by atoms with Crippen LogP contribution in [-0.2, 0) is 15.8 Å². The number of aliphatic imine (C=N–C) groups is 1. The average molecular weight is 308 g/mol. The van der Waals surface area contributed by atoms with E-state index in [1.54, 1.807) is 4.31 Å². The Hall–Kier alpha value is -1.60. The Balaban J connectivity index is 1.64. The second kappa shape index (κ2) is 5.31. The lowest BCUT2D eigenvalue weighted by molar-refractivity contribution is 0.230. The third-order valence-corrected chi connectivity index (χ3v) is 6.06. The number of guanidine groups is 1. The molecule has 0 atom stereocenters. The van der Waals surface area contributed by atoms with Gasteiger partial charge in [-0.15, -0.1) is 0 Å². The number of hydrogen-bond acceptors (Lipinski definition) is 5. The zero-order valence-electron chi connectivity index (χ0n) is 11.8. The van der Waals surface area contributed by atoms with E-state index in [2.05, 4.69) is 10.3 Å².